The first-order valence-corrected chi connectivity index (χ1v) is 22.6. The number of carbonyl (C=O) groups is 6. The quantitative estimate of drug-likeness (QED) is 0.131. The van der Waals surface area contributed by atoms with E-state index in [2.05, 4.69) is 21.9 Å². The fourth-order valence-electron chi connectivity index (χ4n) is 8.03. The molecule has 0 radical (unpaired) electrons. The van der Waals surface area contributed by atoms with Crippen molar-refractivity contribution < 1.29 is 56.1 Å². The molecule has 0 bridgehead atoms. The summed E-state index contributed by atoms with van der Waals surface area (Å²) in [6.07, 6.45) is 0.0896. The van der Waals surface area contributed by atoms with Crippen molar-refractivity contribution >= 4 is 56.5 Å². The summed E-state index contributed by atoms with van der Waals surface area (Å²) in [6.45, 7) is 10.3. The number of ether oxygens (including phenoxy) is 4. The molecule has 4 fully saturated rings. The summed E-state index contributed by atoms with van der Waals surface area (Å²) in [7, 11) is -2.43. The number of methoxy groups -OCH3 is 1. The number of carbonyl (C=O) groups excluding carboxylic acids is 6. The van der Waals surface area contributed by atoms with Gasteiger partial charge in [0.1, 0.15) is 40.9 Å². The second-order valence-corrected chi connectivity index (χ2v) is 19.6. The standard InChI is InChI=1S/C45H53N5O12S/c1-7-28-23-45(28,43(56)49-63(57,58)31-15-16-31)48-40(53)35-21-30(61-36-22-33(26-11-9-8-10-12-26)46-34-20-29(59-6)14-17-32(34)36)24-50(35)41(54)27(19-38(52)62-44(3,4)5)13-18-37(51)47-39-25(2)60-42(39)55/h7-12,14,17,20,22,25,27-28,30-31,35,39H,1,13,15-16,18-19,21,23-24H2,2-6H3,(H,47,51)(H,48,53)(H,49,56)/t25-,27-,28-,30?,35+,39+,45-/m1/s1. The Labute approximate surface area is 365 Å². The summed E-state index contributed by atoms with van der Waals surface area (Å²) < 4.78 is 50.5. The Kier molecular flexibility index (Phi) is 12.6. The van der Waals surface area contributed by atoms with Gasteiger partial charge in [-0.1, -0.05) is 36.4 Å². The van der Waals surface area contributed by atoms with Crippen LogP contribution in [0, 0.1) is 11.8 Å². The number of rotatable bonds is 17. The number of hydrogen-bond donors (Lipinski definition) is 3. The number of esters is 2. The van der Waals surface area contributed by atoms with Crippen molar-refractivity contribution in [2.24, 2.45) is 11.8 Å². The number of likely N-dealkylation sites (tertiary alicyclic amines) is 1. The summed E-state index contributed by atoms with van der Waals surface area (Å²) in [6, 6.07) is 14.4. The molecule has 18 heteroatoms. The first-order chi connectivity index (χ1) is 29.8. The summed E-state index contributed by atoms with van der Waals surface area (Å²) in [5, 5.41) is 5.32. The van der Waals surface area contributed by atoms with E-state index in [0.717, 1.165) is 5.56 Å². The zero-order valence-electron chi connectivity index (χ0n) is 35.9. The van der Waals surface area contributed by atoms with Crippen molar-refractivity contribution in [2.75, 3.05) is 13.7 Å². The number of nitrogens with one attached hydrogen (secondary N) is 3. The fourth-order valence-corrected chi connectivity index (χ4v) is 9.40. The predicted molar refractivity (Wildman–Crippen MR) is 228 cm³/mol. The Morgan fingerprint density at radius 3 is 2.43 bits per heavy atom. The smallest absolute Gasteiger partial charge is 0.332 e. The third kappa shape index (κ3) is 10.1. The maximum atomic E-state index is 14.9. The minimum Gasteiger partial charge on any atom is -0.497 e. The van der Waals surface area contributed by atoms with Gasteiger partial charge in [0.2, 0.25) is 27.7 Å². The van der Waals surface area contributed by atoms with Crippen LogP contribution in [0.2, 0.25) is 0 Å². The zero-order chi connectivity index (χ0) is 45.4. The van der Waals surface area contributed by atoms with Crippen LogP contribution in [0.3, 0.4) is 0 Å². The highest BCUT2D eigenvalue weighted by molar-refractivity contribution is 7.91. The molecule has 63 heavy (non-hydrogen) atoms. The molecule has 2 saturated carbocycles. The van der Waals surface area contributed by atoms with Crippen molar-refractivity contribution in [3.63, 3.8) is 0 Å². The lowest BCUT2D eigenvalue weighted by Gasteiger charge is -2.33. The Morgan fingerprint density at radius 2 is 1.81 bits per heavy atom. The highest BCUT2D eigenvalue weighted by Crippen LogP contribution is 2.46. The highest BCUT2D eigenvalue weighted by Gasteiger charge is 2.62. The predicted octanol–water partition coefficient (Wildman–Crippen LogP) is 3.49. The van der Waals surface area contributed by atoms with Gasteiger partial charge in [0.05, 0.1) is 36.5 Å². The lowest BCUT2D eigenvalue weighted by atomic mass is 9.96. The molecule has 0 spiro atoms. The van der Waals surface area contributed by atoms with E-state index in [1.165, 1.54) is 11.0 Å². The molecular weight excluding hydrogens is 835 g/mol. The number of benzene rings is 2. The van der Waals surface area contributed by atoms with Gasteiger partial charge in [-0.2, -0.15) is 0 Å². The Balaban J connectivity index is 1.20. The molecule has 3 N–H and O–H groups in total. The second-order valence-electron chi connectivity index (χ2n) is 17.6. The zero-order valence-corrected chi connectivity index (χ0v) is 36.7. The number of aromatic nitrogens is 1. The lowest BCUT2D eigenvalue weighted by molar-refractivity contribution is -0.176. The first kappa shape index (κ1) is 45.0. The van der Waals surface area contributed by atoms with E-state index in [4.69, 9.17) is 23.9 Å². The number of pyridine rings is 1. The van der Waals surface area contributed by atoms with Gasteiger partial charge in [-0.05, 0) is 65.5 Å². The van der Waals surface area contributed by atoms with Crippen molar-refractivity contribution in [3.05, 3.63) is 67.3 Å². The molecule has 2 saturated heterocycles. The van der Waals surface area contributed by atoms with Gasteiger partial charge < -0.3 is 34.5 Å². The topological polar surface area (TPSA) is 226 Å². The molecule has 336 valence electrons. The van der Waals surface area contributed by atoms with E-state index >= 15 is 0 Å². The molecule has 1 unspecified atom stereocenters. The van der Waals surface area contributed by atoms with Gasteiger partial charge in [0.25, 0.3) is 5.91 Å². The Hall–Kier alpha value is -6.04. The molecule has 7 atom stereocenters. The van der Waals surface area contributed by atoms with Gasteiger partial charge in [-0.3, -0.25) is 28.7 Å². The normalized spacial score (nSPS) is 24.6. The molecule has 2 aliphatic heterocycles. The molecule has 2 aromatic carbocycles. The summed E-state index contributed by atoms with van der Waals surface area (Å²) in [4.78, 5) is 87.6. The van der Waals surface area contributed by atoms with Crippen LogP contribution in [0.4, 0.5) is 0 Å². The molecule has 2 aliphatic carbocycles. The van der Waals surface area contributed by atoms with Crippen molar-refractivity contribution in [3.8, 4) is 22.8 Å². The largest absolute Gasteiger partial charge is 0.497 e. The van der Waals surface area contributed by atoms with Gasteiger partial charge in [-0.25, -0.2) is 18.2 Å². The molecule has 3 heterocycles. The van der Waals surface area contributed by atoms with Crippen LogP contribution in [0.5, 0.6) is 11.5 Å². The van der Waals surface area contributed by atoms with Crippen LogP contribution in [-0.2, 0) is 48.3 Å². The third-order valence-corrected chi connectivity index (χ3v) is 13.5. The van der Waals surface area contributed by atoms with Gasteiger partial charge >= 0.3 is 11.9 Å². The molecule has 17 nitrogen and oxygen atoms in total. The third-order valence-electron chi connectivity index (χ3n) is 11.7. The fraction of sp³-hybridized carbons (Fsp3) is 0.489. The summed E-state index contributed by atoms with van der Waals surface area (Å²) >= 11 is 0. The van der Waals surface area contributed by atoms with Crippen LogP contribution in [-0.4, -0.2) is 108 Å². The number of fused-ring (bicyclic) bond motifs is 1. The molecule has 1 aromatic heterocycles. The molecule has 7 rings (SSSR count). The lowest BCUT2D eigenvalue weighted by Crippen LogP contribution is -2.58. The van der Waals surface area contributed by atoms with Crippen LogP contribution in [0.15, 0.2) is 67.3 Å². The number of cyclic esters (lactones) is 1. The van der Waals surface area contributed by atoms with E-state index in [1.807, 2.05) is 30.3 Å². The van der Waals surface area contributed by atoms with E-state index < -0.39 is 105 Å². The van der Waals surface area contributed by atoms with E-state index in [-0.39, 0.29) is 32.2 Å². The molecular formula is C45H53N5O12S. The number of nitrogens with zero attached hydrogens (tertiary/aromatic N) is 2. The van der Waals surface area contributed by atoms with Crippen molar-refractivity contribution in [2.45, 2.75) is 113 Å². The average Bonchev–Trinajstić information content (AvgIpc) is 4.17. The Bertz CT molecular complexity index is 2430. The number of hydrogen-bond acceptors (Lipinski definition) is 13. The van der Waals surface area contributed by atoms with Crippen LogP contribution in [0.1, 0.15) is 72.6 Å². The molecule has 4 aliphatic rings. The maximum absolute atomic E-state index is 14.9. The average molecular weight is 888 g/mol. The van der Waals surface area contributed by atoms with E-state index in [1.54, 1.807) is 59.1 Å². The van der Waals surface area contributed by atoms with Gasteiger partial charge in [-0.15, -0.1) is 6.58 Å². The number of amides is 4. The van der Waals surface area contributed by atoms with Crippen molar-refractivity contribution in [1.82, 2.24) is 25.2 Å². The molecule has 3 aromatic rings. The SMILES string of the molecule is C=C[C@@H]1C[C@]1(NC(=O)[C@@H]1CC(Oc2cc(-c3ccccc3)nc3cc(OC)ccc23)CN1C(=O)[C@H](CCC(=O)N[C@@H]1C(=O)O[C@@H]1C)CC(=O)OC(C)(C)C)C(=O)NS(=O)(=O)C1CC1. The first-order valence-electron chi connectivity index (χ1n) is 21.0. The monoisotopic (exact) mass is 887 g/mol. The van der Waals surface area contributed by atoms with Gasteiger partial charge in [0.15, 0.2) is 6.04 Å². The van der Waals surface area contributed by atoms with Crippen LogP contribution in [0.25, 0.3) is 22.2 Å². The number of sulfonamides is 1. The summed E-state index contributed by atoms with van der Waals surface area (Å²) in [5.74, 6) is -4.96. The minimum absolute atomic E-state index is 0.0730. The molecule has 4 amide bonds. The van der Waals surface area contributed by atoms with E-state index in [9.17, 15) is 37.2 Å². The highest BCUT2D eigenvalue weighted by atomic mass is 32.2. The second kappa shape index (κ2) is 17.6. The maximum Gasteiger partial charge on any atom is 0.332 e. The van der Waals surface area contributed by atoms with Gasteiger partial charge in [0, 0.05) is 47.8 Å². The van der Waals surface area contributed by atoms with E-state index in [0.29, 0.717) is 40.9 Å². The van der Waals surface area contributed by atoms with Crippen LogP contribution >= 0.6 is 0 Å². The van der Waals surface area contributed by atoms with Crippen LogP contribution < -0.4 is 24.8 Å². The van der Waals surface area contributed by atoms with Crippen molar-refractivity contribution in [1.29, 1.82) is 0 Å². The summed E-state index contributed by atoms with van der Waals surface area (Å²) in [5.41, 5.74) is -0.595. The minimum atomic E-state index is -3.98. The Morgan fingerprint density at radius 1 is 1.08 bits per heavy atom.